The monoisotopic (exact) mass is 306 g/mol. The third kappa shape index (κ3) is 2.16. The predicted octanol–water partition coefficient (Wildman–Crippen LogP) is 2.82. The molecule has 1 aromatic rings. The number of piperidine rings is 1. The van der Waals surface area contributed by atoms with Crippen LogP contribution in [-0.2, 0) is 0 Å². The average Bonchev–Trinajstić information content (AvgIpc) is 2.23. The number of anilines is 1. The van der Waals surface area contributed by atoms with E-state index in [4.69, 9.17) is 0 Å². The Hall–Kier alpha value is -0.390. The summed E-state index contributed by atoms with van der Waals surface area (Å²) in [7, 11) is 0. The van der Waals surface area contributed by atoms with Crippen LogP contribution in [0.15, 0.2) is 12.3 Å². The van der Waals surface area contributed by atoms with Crippen molar-refractivity contribution in [3.05, 3.63) is 21.7 Å². The molecular weight excluding hydrogens is 294 g/mol. The molecule has 14 heavy (non-hydrogen) atoms. The van der Waals surface area contributed by atoms with Gasteiger partial charge in [0, 0.05) is 25.4 Å². The Morgan fingerprint density at radius 2 is 2.00 bits per heavy atom. The van der Waals surface area contributed by atoms with Crippen LogP contribution in [0.3, 0.4) is 0 Å². The van der Waals surface area contributed by atoms with E-state index < -0.39 is 0 Å². The van der Waals surface area contributed by atoms with Crippen molar-refractivity contribution < 1.29 is 4.39 Å². The van der Waals surface area contributed by atoms with E-state index in [0.717, 1.165) is 18.9 Å². The number of nitrogens with zero attached hydrogens (tertiary/aromatic N) is 2. The van der Waals surface area contributed by atoms with Gasteiger partial charge in [-0.25, -0.2) is 9.37 Å². The quantitative estimate of drug-likeness (QED) is 0.742. The molecule has 0 bridgehead atoms. The van der Waals surface area contributed by atoms with Gasteiger partial charge in [-0.1, -0.05) is 0 Å². The third-order valence-corrected chi connectivity index (χ3v) is 3.27. The smallest absolute Gasteiger partial charge is 0.141 e. The van der Waals surface area contributed by atoms with E-state index in [1.807, 2.05) is 22.6 Å². The summed E-state index contributed by atoms with van der Waals surface area (Å²) in [6.07, 6.45) is 5.26. The van der Waals surface area contributed by atoms with Crippen molar-refractivity contribution in [1.82, 2.24) is 4.98 Å². The second-order valence-corrected chi connectivity index (χ2v) is 4.67. The van der Waals surface area contributed by atoms with Crippen LogP contribution in [0.1, 0.15) is 19.3 Å². The molecule has 0 saturated carbocycles. The molecule has 0 aromatic carbocycles. The molecule has 1 fully saturated rings. The standard InChI is InChI=1S/C10H12FIN2/c11-8-6-10(13-7-9(8)12)14-4-2-1-3-5-14/h6-7H,1-5H2. The molecule has 1 aromatic heterocycles. The molecule has 76 valence electrons. The van der Waals surface area contributed by atoms with Gasteiger partial charge in [-0.3, -0.25) is 0 Å². The molecule has 1 saturated heterocycles. The SMILES string of the molecule is Fc1cc(N2CCCCC2)ncc1I. The zero-order valence-corrected chi connectivity index (χ0v) is 10.00. The number of hydrogen-bond acceptors (Lipinski definition) is 2. The van der Waals surface area contributed by atoms with Gasteiger partial charge in [0.05, 0.1) is 3.57 Å². The maximum Gasteiger partial charge on any atom is 0.141 e. The molecule has 0 unspecified atom stereocenters. The molecule has 4 heteroatoms. The van der Waals surface area contributed by atoms with Crippen LogP contribution in [0.5, 0.6) is 0 Å². The number of pyridine rings is 1. The minimum absolute atomic E-state index is 0.166. The van der Waals surface area contributed by atoms with Crippen molar-refractivity contribution in [2.75, 3.05) is 18.0 Å². The normalized spacial score (nSPS) is 17.1. The number of hydrogen-bond donors (Lipinski definition) is 0. The maximum atomic E-state index is 13.3. The fourth-order valence-electron chi connectivity index (χ4n) is 1.70. The lowest BCUT2D eigenvalue weighted by atomic mass is 10.1. The second kappa shape index (κ2) is 4.42. The molecule has 0 radical (unpaired) electrons. The van der Waals surface area contributed by atoms with Gasteiger partial charge in [0.2, 0.25) is 0 Å². The Morgan fingerprint density at radius 3 is 2.64 bits per heavy atom. The highest BCUT2D eigenvalue weighted by Crippen LogP contribution is 2.20. The van der Waals surface area contributed by atoms with E-state index in [9.17, 15) is 4.39 Å². The van der Waals surface area contributed by atoms with Gasteiger partial charge in [-0.05, 0) is 41.9 Å². The van der Waals surface area contributed by atoms with Crippen LogP contribution in [0, 0.1) is 9.39 Å². The van der Waals surface area contributed by atoms with Gasteiger partial charge in [0.25, 0.3) is 0 Å². The van der Waals surface area contributed by atoms with Gasteiger partial charge in [-0.15, -0.1) is 0 Å². The lowest BCUT2D eigenvalue weighted by molar-refractivity contribution is 0.567. The van der Waals surface area contributed by atoms with Crippen molar-refractivity contribution in [1.29, 1.82) is 0 Å². The molecule has 2 heterocycles. The molecule has 0 N–H and O–H groups in total. The van der Waals surface area contributed by atoms with Gasteiger partial charge in [0.15, 0.2) is 0 Å². The summed E-state index contributed by atoms with van der Waals surface area (Å²) in [5.74, 6) is 0.615. The molecule has 0 amide bonds. The lowest BCUT2D eigenvalue weighted by Gasteiger charge is -2.27. The fourth-order valence-corrected chi connectivity index (χ4v) is 1.99. The lowest BCUT2D eigenvalue weighted by Crippen LogP contribution is -2.30. The van der Waals surface area contributed by atoms with Gasteiger partial charge in [-0.2, -0.15) is 0 Å². The van der Waals surface area contributed by atoms with Crippen molar-refractivity contribution in [2.24, 2.45) is 0 Å². The van der Waals surface area contributed by atoms with Crippen LogP contribution in [0.2, 0.25) is 0 Å². The Balaban J connectivity index is 2.18. The predicted molar refractivity (Wildman–Crippen MR) is 63.0 cm³/mol. The summed E-state index contributed by atoms with van der Waals surface area (Å²) >= 11 is 1.96. The molecule has 1 aliphatic heterocycles. The van der Waals surface area contributed by atoms with E-state index >= 15 is 0 Å². The van der Waals surface area contributed by atoms with Gasteiger partial charge in [0.1, 0.15) is 11.6 Å². The summed E-state index contributed by atoms with van der Waals surface area (Å²) in [5, 5.41) is 0. The number of rotatable bonds is 1. The first-order valence-corrected chi connectivity index (χ1v) is 5.91. The molecule has 0 spiro atoms. The number of aromatic nitrogens is 1. The van der Waals surface area contributed by atoms with Crippen molar-refractivity contribution in [2.45, 2.75) is 19.3 Å². The first-order chi connectivity index (χ1) is 6.77. The second-order valence-electron chi connectivity index (χ2n) is 3.50. The molecule has 0 aliphatic carbocycles. The Bertz CT molecular complexity index is 324. The van der Waals surface area contributed by atoms with E-state index in [1.165, 1.54) is 25.3 Å². The molecule has 2 nitrogen and oxygen atoms in total. The zero-order valence-electron chi connectivity index (χ0n) is 7.84. The molecule has 2 rings (SSSR count). The molecule has 0 atom stereocenters. The van der Waals surface area contributed by atoms with Crippen molar-refractivity contribution in [3.8, 4) is 0 Å². The van der Waals surface area contributed by atoms with Crippen LogP contribution < -0.4 is 4.90 Å². The van der Waals surface area contributed by atoms with Crippen molar-refractivity contribution >= 4 is 28.4 Å². The van der Waals surface area contributed by atoms with E-state index in [0.29, 0.717) is 3.57 Å². The van der Waals surface area contributed by atoms with Crippen LogP contribution in [0.25, 0.3) is 0 Å². The van der Waals surface area contributed by atoms with Gasteiger partial charge < -0.3 is 4.90 Å². The van der Waals surface area contributed by atoms with E-state index in [2.05, 4.69) is 9.88 Å². The summed E-state index contributed by atoms with van der Waals surface area (Å²) in [4.78, 5) is 6.40. The van der Waals surface area contributed by atoms with E-state index in [1.54, 1.807) is 6.20 Å². The van der Waals surface area contributed by atoms with E-state index in [-0.39, 0.29) is 5.82 Å². The summed E-state index contributed by atoms with van der Waals surface area (Å²) in [6.45, 7) is 2.01. The highest BCUT2D eigenvalue weighted by atomic mass is 127. The Kier molecular flexibility index (Phi) is 3.20. The highest BCUT2D eigenvalue weighted by molar-refractivity contribution is 14.1. The topological polar surface area (TPSA) is 16.1 Å². The first kappa shape index (κ1) is 10.1. The third-order valence-electron chi connectivity index (χ3n) is 2.47. The minimum atomic E-state index is -0.166. The average molecular weight is 306 g/mol. The zero-order chi connectivity index (χ0) is 9.97. The largest absolute Gasteiger partial charge is 0.357 e. The Labute approximate surface area is 96.7 Å². The summed E-state index contributed by atoms with van der Waals surface area (Å²) < 4.78 is 13.8. The molecule has 1 aliphatic rings. The van der Waals surface area contributed by atoms with Gasteiger partial charge >= 0.3 is 0 Å². The van der Waals surface area contributed by atoms with Crippen molar-refractivity contribution in [3.63, 3.8) is 0 Å². The van der Waals surface area contributed by atoms with Crippen LogP contribution >= 0.6 is 22.6 Å². The summed E-state index contributed by atoms with van der Waals surface area (Å²) in [5.41, 5.74) is 0. The fraction of sp³-hybridized carbons (Fsp3) is 0.500. The maximum absolute atomic E-state index is 13.3. The number of halogens is 2. The first-order valence-electron chi connectivity index (χ1n) is 4.83. The summed E-state index contributed by atoms with van der Waals surface area (Å²) in [6, 6.07) is 1.53. The van der Waals surface area contributed by atoms with Crippen LogP contribution in [0.4, 0.5) is 10.2 Å². The highest BCUT2D eigenvalue weighted by Gasteiger charge is 2.13. The Morgan fingerprint density at radius 1 is 1.29 bits per heavy atom. The molecular formula is C10H12FIN2. The minimum Gasteiger partial charge on any atom is -0.357 e. The van der Waals surface area contributed by atoms with Crippen LogP contribution in [-0.4, -0.2) is 18.1 Å².